The lowest BCUT2D eigenvalue weighted by Gasteiger charge is -2.28. The van der Waals surface area contributed by atoms with Gasteiger partial charge in [-0.25, -0.2) is 8.42 Å². The average molecular weight is 269 g/mol. The summed E-state index contributed by atoms with van der Waals surface area (Å²) in [5.41, 5.74) is 5.97. The fourth-order valence-electron chi connectivity index (χ4n) is 3.24. The van der Waals surface area contributed by atoms with E-state index in [9.17, 15) is 8.42 Å². The van der Waals surface area contributed by atoms with Gasteiger partial charge in [0.05, 0.1) is 4.90 Å². The van der Waals surface area contributed by atoms with Crippen molar-refractivity contribution in [3.8, 4) is 0 Å². The molecule has 0 amide bonds. The lowest BCUT2D eigenvalue weighted by atomic mass is 9.79. The maximum atomic E-state index is 12.4. The van der Waals surface area contributed by atoms with E-state index in [1.54, 1.807) is 22.8 Å². The van der Waals surface area contributed by atoms with E-state index in [4.69, 9.17) is 5.73 Å². The van der Waals surface area contributed by atoms with Crippen molar-refractivity contribution in [3.05, 3.63) is 18.5 Å². The van der Waals surface area contributed by atoms with Crippen LogP contribution in [0, 0.1) is 11.8 Å². The smallest absolute Gasteiger partial charge is 0.244 e. The van der Waals surface area contributed by atoms with Gasteiger partial charge >= 0.3 is 0 Å². The van der Waals surface area contributed by atoms with Crippen LogP contribution < -0.4 is 5.73 Å². The molecular formula is C12H19N3O2S. The summed E-state index contributed by atoms with van der Waals surface area (Å²) >= 11 is 0. The predicted octanol–water partition coefficient (Wildman–Crippen LogP) is 0.763. The first-order chi connectivity index (χ1) is 8.57. The lowest BCUT2D eigenvalue weighted by Crippen LogP contribution is -2.32. The van der Waals surface area contributed by atoms with E-state index in [0.717, 1.165) is 19.3 Å². The zero-order chi connectivity index (χ0) is 12.8. The van der Waals surface area contributed by atoms with Crippen molar-refractivity contribution >= 4 is 10.0 Å². The molecule has 1 unspecified atom stereocenters. The van der Waals surface area contributed by atoms with Crippen LogP contribution in [0.2, 0.25) is 0 Å². The third kappa shape index (κ3) is 1.98. The molecule has 3 N–H and O–H groups in total. The number of aromatic amines is 1. The monoisotopic (exact) mass is 269 g/mol. The Bertz CT molecular complexity index is 511. The van der Waals surface area contributed by atoms with Gasteiger partial charge in [-0.3, -0.25) is 0 Å². The first-order valence-electron chi connectivity index (χ1n) is 6.46. The second-order valence-corrected chi connectivity index (χ2v) is 7.40. The van der Waals surface area contributed by atoms with E-state index in [2.05, 4.69) is 4.98 Å². The normalized spacial score (nSPS) is 33.5. The van der Waals surface area contributed by atoms with Crippen molar-refractivity contribution in [3.63, 3.8) is 0 Å². The number of sulfonamides is 1. The molecule has 6 heteroatoms. The molecule has 3 atom stereocenters. The number of hydrogen-bond donors (Lipinski definition) is 2. The predicted molar refractivity (Wildman–Crippen MR) is 68.4 cm³/mol. The summed E-state index contributed by atoms with van der Waals surface area (Å²) in [6.07, 6.45) is 6.24. The van der Waals surface area contributed by atoms with Gasteiger partial charge in [0, 0.05) is 31.5 Å². The second kappa shape index (κ2) is 4.36. The fraction of sp³-hybridized carbons (Fsp3) is 0.667. The van der Waals surface area contributed by atoms with Crippen LogP contribution in [0.15, 0.2) is 23.4 Å². The zero-order valence-electron chi connectivity index (χ0n) is 10.2. The van der Waals surface area contributed by atoms with E-state index >= 15 is 0 Å². The minimum atomic E-state index is -3.31. The van der Waals surface area contributed by atoms with Gasteiger partial charge in [-0.05, 0) is 37.2 Å². The molecular weight excluding hydrogens is 250 g/mol. The number of nitrogens with one attached hydrogen (secondary N) is 1. The third-order valence-electron chi connectivity index (χ3n) is 4.26. The summed E-state index contributed by atoms with van der Waals surface area (Å²) in [6, 6.07) is 1.87. The van der Waals surface area contributed by atoms with E-state index in [1.807, 2.05) is 0 Å². The Labute approximate surface area is 107 Å². The van der Waals surface area contributed by atoms with Gasteiger partial charge in [0.15, 0.2) is 0 Å². The first-order valence-corrected chi connectivity index (χ1v) is 7.90. The molecule has 0 aromatic carbocycles. The number of H-pyrrole nitrogens is 1. The van der Waals surface area contributed by atoms with Gasteiger partial charge in [-0.2, -0.15) is 4.31 Å². The highest BCUT2D eigenvalue weighted by Gasteiger charge is 2.41. The number of rotatable bonds is 2. The molecule has 5 nitrogen and oxygen atoms in total. The minimum absolute atomic E-state index is 0.251. The summed E-state index contributed by atoms with van der Waals surface area (Å²) < 4.78 is 26.4. The highest BCUT2D eigenvalue weighted by Crippen LogP contribution is 2.37. The first kappa shape index (κ1) is 12.2. The average Bonchev–Trinajstić information content (AvgIpc) is 2.97. The van der Waals surface area contributed by atoms with Crippen molar-refractivity contribution in [2.45, 2.75) is 30.2 Å². The highest BCUT2D eigenvalue weighted by atomic mass is 32.2. The number of nitrogens with zero attached hydrogens (tertiary/aromatic N) is 1. The van der Waals surface area contributed by atoms with E-state index in [-0.39, 0.29) is 6.04 Å². The minimum Gasteiger partial charge on any atom is -0.366 e. The molecule has 1 saturated carbocycles. The van der Waals surface area contributed by atoms with Gasteiger partial charge in [0.25, 0.3) is 0 Å². The van der Waals surface area contributed by atoms with Crippen LogP contribution in [0.4, 0.5) is 0 Å². The van der Waals surface area contributed by atoms with Crippen LogP contribution in [0.25, 0.3) is 0 Å². The second-order valence-electron chi connectivity index (χ2n) is 5.46. The van der Waals surface area contributed by atoms with Gasteiger partial charge in [-0.15, -0.1) is 0 Å². The number of hydrogen-bond acceptors (Lipinski definition) is 3. The standard InChI is InChI=1S/C12H19N3O2S/c13-11-2-1-9-7-15(8-10(9)5-11)18(16,17)12-3-4-14-6-12/h3-4,6,9-11,14H,1-2,5,7-8,13H2/t9-,10+,11?/m1/s1. The van der Waals surface area contributed by atoms with Gasteiger partial charge in [0.1, 0.15) is 0 Å². The molecule has 18 heavy (non-hydrogen) atoms. The Morgan fingerprint density at radius 1 is 1.28 bits per heavy atom. The quantitative estimate of drug-likeness (QED) is 0.832. The van der Waals surface area contributed by atoms with Crippen molar-refractivity contribution in [2.75, 3.05) is 13.1 Å². The summed E-state index contributed by atoms with van der Waals surface area (Å²) in [6.45, 7) is 1.29. The molecule has 2 heterocycles. The Morgan fingerprint density at radius 2 is 2.06 bits per heavy atom. The Hall–Kier alpha value is -0.850. The molecule has 1 aromatic rings. The van der Waals surface area contributed by atoms with Crippen LogP contribution in [0.3, 0.4) is 0 Å². The summed E-state index contributed by atoms with van der Waals surface area (Å²) in [5, 5.41) is 0. The molecule has 1 aliphatic heterocycles. The van der Waals surface area contributed by atoms with Crippen LogP contribution in [0.5, 0.6) is 0 Å². The van der Waals surface area contributed by atoms with E-state index in [1.165, 1.54) is 0 Å². The molecule has 1 saturated heterocycles. The van der Waals surface area contributed by atoms with Crippen LogP contribution in [-0.2, 0) is 10.0 Å². The number of fused-ring (bicyclic) bond motifs is 1. The van der Waals surface area contributed by atoms with Crippen molar-refractivity contribution < 1.29 is 8.42 Å². The Morgan fingerprint density at radius 3 is 2.78 bits per heavy atom. The summed E-state index contributed by atoms with van der Waals surface area (Å²) in [7, 11) is -3.31. The van der Waals surface area contributed by atoms with Crippen molar-refractivity contribution in [2.24, 2.45) is 17.6 Å². The third-order valence-corrected chi connectivity index (χ3v) is 6.09. The van der Waals surface area contributed by atoms with Gasteiger partial charge < -0.3 is 10.7 Å². The van der Waals surface area contributed by atoms with E-state index in [0.29, 0.717) is 29.8 Å². The SMILES string of the molecule is NC1CC[C@@H]2CN(S(=O)(=O)c3cc[nH]c3)C[C@@H]2C1. The molecule has 3 rings (SSSR count). The van der Waals surface area contributed by atoms with Crippen LogP contribution in [0.1, 0.15) is 19.3 Å². The van der Waals surface area contributed by atoms with Crippen molar-refractivity contribution in [1.29, 1.82) is 0 Å². The topological polar surface area (TPSA) is 79.2 Å². The fourth-order valence-corrected chi connectivity index (χ4v) is 4.77. The molecule has 0 bridgehead atoms. The van der Waals surface area contributed by atoms with Gasteiger partial charge in [0.2, 0.25) is 10.0 Å². The molecule has 0 radical (unpaired) electrons. The van der Waals surface area contributed by atoms with E-state index < -0.39 is 10.0 Å². The maximum absolute atomic E-state index is 12.4. The Kier molecular flexibility index (Phi) is 2.96. The van der Waals surface area contributed by atoms with Crippen molar-refractivity contribution in [1.82, 2.24) is 9.29 Å². The zero-order valence-corrected chi connectivity index (χ0v) is 11.1. The number of nitrogens with two attached hydrogens (primary N) is 1. The molecule has 2 fully saturated rings. The van der Waals surface area contributed by atoms with Gasteiger partial charge in [-0.1, -0.05) is 0 Å². The molecule has 0 spiro atoms. The van der Waals surface area contributed by atoms with Crippen LogP contribution >= 0.6 is 0 Å². The molecule has 1 aromatic heterocycles. The van der Waals surface area contributed by atoms with Crippen LogP contribution in [-0.4, -0.2) is 36.8 Å². The molecule has 100 valence electrons. The number of aromatic nitrogens is 1. The largest absolute Gasteiger partial charge is 0.366 e. The summed E-state index contributed by atoms with van der Waals surface area (Å²) in [4.78, 5) is 3.17. The summed E-state index contributed by atoms with van der Waals surface area (Å²) in [5.74, 6) is 0.945. The maximum Gasteiger partial charge on any atom is 0.244 e. The highest BCUT2D eigenvalue weighted by molar-refractivity contribution is 7.89. The molecule has 1 aliphatic carbocycles. The Balaban J connectivity index is 1.80. The lowest BCUT2D eigenvalue weighted by molar-refractivity contribution is 0.271. The molecule has 2 aliphatic rings.